The lowest BCUT2D eigenvalue weighted by Gasteiger charge is -2.59. The number of ether oxygens (including phenoxy) is 5. The van der Waals surface area contributed by atoms with Gasteiger partial charge in [-0.25, -0.2) is 4.79 Å². The van der Waals surface area contributed by atoms with E-state index in [1.54, 1.807) is 30.3 Å². The summed E-state index contributed by atoms with van der Waals surface area (Å²) in [6.45, 7) is 5.69. The molecule has 3 aromatic rings. The summed E-state index contributed by atoms with van der Waals surface area (Å²) in [4.78, 5) is 43.9. The van der Waals surface area contributed by atoms with Gasteiger partial charge in [0.25, 0.3) is 11.4 Å². The lowest BCUT2D eigenvalue weighted by Crippen LogP contribution is -2.70. The lowest BCUT2D eigenvalue weighted by molar-refractivity contribution is -0.385. The Bertz CT molecular complexity index is 2150. The van der Waals surface area contributed by atoms with E-state index in [2.05, 4.69) is 17.8 Å². The molecule has 3 aromatic carbocycles. The molecular weight excluding hydrogens is 833 g/mol. The smallest absolute Gasteiger partial charge is 0.415 e. The van der Waals surface area contributed by atoms with E-state index in [-0.39, 0.29) is 93.9 Å². The van der Waals surface area contributed by atoms with Crippen LogP contribution < -0.4 is 14.2 Å². The molecule has 18 nitrogen and oxygen atoms in total. The highest BCUT2D eigenvalue weighted by atomic mass is 16.7. The second-order valence-corrected chi connectivity index (χ2v) is 15.7. The molecule has 0 aromatic heterocycles. The fourth-order valence-electron chi connectivity index (χ4n) is 9.15. The molecule has 1 heterocycles. The Hall–Kier alpha value is -5.92. The van der Waals surface area contributed by atoms with Crippen LogP contribution in [0.5, 0.6) is 23.0 Å². The fourth-order valence-corrected chi connectivity index (χ4v) is 9.15. The molecule has 1 aliphatic heterocycles. The Morgan fingerprint density at radius 3 is 2.33 bits per heavy atom. The monoisotopic (exact) mass is 888 g/mol. The van der Waals surface area contributed by atoms with Crippen molar-refractivity contribution >= 4 is 23.2 Å². The zero-order chi connectivity index (χ0) is 45.6. The Morgan fingerprint density at radius 1 is 0.922 bits per heavy atom. The van der Waals surface area contributed by atoms with E-state index in [1.165, 1.54) is 41.3 Å². The molecule has 344 valence electrons. The van der Waals surface area contributed by atoms with Crippen molar-refractivity contribution < 1.29 is 58.5 Å². The highest BCUT2D eigenvalue weighted by molar-refractivity contribution is 6.03. The van der Waals surface area contributed by atoms with Crippen molar-refractivity contribution in [3.05, 3.63) is 117 Å². The quantitative estimate of drug-likeness (QED) is 0.0343. The van der Waals surface area contributed by atoms with Crippen LogP contribution >= 0.6 is 0 Å². The van der Waals surface area contributed by atoms with Crippen LogP contribution in [0.25, 0.3) is 0 Å². The molecule has 3 aliphatic rings. The SMILES string of the molecule is C=CCOC12Oc3ccc(Oc4cccc([N+](=O)[O-])c4)cc3C3C(CCCCO)C(CCCCO)C=C(C(=NOCC)CC1N(CCOCCO)C(=O)Oc1ccc([N+](=O)[O-])cc1)C32. The summed E-state index contributed by atoms with van der Waals surface area (Å²) in [5, 5.41) is 57.1. The van der Waals surface area contributed by atoms with E-state index in [0.29, 0.717) is 42.9 Å². The molecule has 3 N–H and O–H groups in total. The standard InChI is InChI=1S/C46H56N4O14/c1-3-24-60-46-42(48(20-25-59-26-23-53)45(54)63-34-16-14-32(15-17-34)49(55)56)30-40(47-61-4-2)38-27-31(10-5-7-21-51)37(13-6-8-22-52)43(44(38)46)39-29-36(18-19-41(39)64-46)62-35-12-9-11-33(28-35)50(57)58/h3,9,11-12,14-19,27-29,31,37,42-44,51-53H,1,4-8,10,13,20-26,30H2,2H3. The van der Waals surface area contributed by atoms with Crippen molar-refractivity contribution in [2.45, 2.75) is 69.6 Å². The summed E-state index contributed by atoms with van der Waals surface area (Å²) in [5.41, 5.74) is 1.78. The van der Waals surface area contributed by atoms with E-state index in [4.69, 9.17) is 28.5 Å². The molecule has 6 rings (SSSR count). The van der Waals surface area contributed by atoms with Gasteiger partial charge in [-0.1, -0.05) is 36.2 Å². The number of unbranched alkanes of at least 4 members (excludes halogenated alkanes) is 2. The molecule has 18 heteroatoms. The fraction of sp³-hybridized carbons (Fsp3) is 0.478. The predicted octanol–water partition coefficient (Wildman–Crippen LogP) is 7.46. The van der Waals surface area contributed by atoms with Crippen LogP contribution in [0.2, 0.25) is 0 Å². The zero-order valence-corrected chi connectivity index (χ0v) is 35.8. The third-order valence-corrected chi connectivity index (χ3v) is 11.8. The van der Waals surface area contributed by atoms with Crippen molar-refractivity contribution in [3.8, 4) is 23.0 Å². The number of fused-ring (bicyclic) bond motifs is 2. The van der Waals surface area contributed by atoms with Gasteiger partial charge in [-0.3, -0.25) is 25.1 Å². The number of non-ortho nitro benzene ring substituents is 2. The molecule has 6 atom stereocenters. The molecule has 6 unspecified atom stereocenters. The van der Waals surface area contributed by atoms with Crippen molar-refractivity contribution in [2.24, 2.45) is 22.9 Å². The number of carbonyl (C=O) groups excluding carboxylic acids is 1. The van der Waals surface area contributed by atoms with Gasteiger partial charge < -0.3 is 43.8 Å². The molecule has 1 fully saturated rings. The third-order valence-electron chi connectivity index (χ3n) is 11.8. The Kier molecular flexibility index (Phi) is 16.8. The van der Waals surface area contributed by atoms with Gasteiger partial charge >= 0.3 is 6.09 Å². The van der Waals surface area contributed by atoms with Crippen LogP contribution in [0, 0.1) is 38.0 Å². The number of amides is 1. The van der Waals surface area contributed by atoms with Gasteiger partial charge in [-0.05, 0) is 86.4 Å². The Labute approximate surface area is 371 Å². The number of aliphatic hydroxyl groups excluding tert-OH is 3. The van der Waals surface area contributed by atoms with Gasteiger partial charge in [0.05, 0.1) is 54.0 Å². The zero-order valence-electron chi connectivity index (χ0n) is 35.8. The van der Waals surface area contributed by atoms with Gasteiger partial charge in [0, 0.05) is 55.9 Å². The van der Waals surface area contributed by atoms with Crippen molar-refractivity contribution in [3.63, 3.8) is 0 Å². The van der Waals surface area contributed by atoms with E-state index < -0.39 is 39.6 Å². The normalized spacial score (nSPS) is 22.6. The van der Waals surface area contributed by atoms with Gasteiger partial charge in [0.2, 0.25) is 5.79 Å². The van der Waals surface area contributed by atoms with Gasteiger partial charge in [-0.15, -0.1) is 6.58 Å². The highest BCUT2D eigenvalue weighted by Crippen LogP contribution is 2.62. The minimum Gasteiger partial charge on any atom is -0.459 e. The average molecular weight is 889 g/mol. The molecule has 0 saturated heterocycles. The third kappa shape index (κ3) is 10.9. The number of nitro benzene ring substituents is 2. The number of hydrogen-bond donors (Lipinski definition) is 3. The maximum atomic E-state index is 14.7. The highest BCUT2D eigenvalue weighted by Gasteiger charge is 2.65. The molecule has 0 radical (unpaired) electrons. The summed E-state index contributed by atoms with van der Waals surface area (Å²) in [5.74, 6) is -1.75. The number of aliphatic hydroxyl groups is 3. The number of rotatable bonds is 24. The first-order chi connectivity index (χ1) is 31.1. The molecule has 0 spiro atoms. The number of nitrogens with zero attached hydrogens (tertiary/aromatic N) is 4. The van der Waals surface area contributed by atoms with Crippen molar-refractivity contribution in [1.29, 1.82) is 0 Å². The maximum absolute atomic E-state index is 14.7. The number of nitro groups is 2. The molecule has 2 aliphatic carbocycles. The first-order valence-corrected chi connectivity index (χ1v) is 21.6. The van der Waals surface area contributed by atoms with Crippen LogP contribution in [-0.2, 0) is 14.3 Å². The average Bonchev–Trinajstić information content (AvgIpc) is 3.29. The summed E-state index contributed by atoms with van der Waals surface area (Å²) in [7, 11) is 0. The minimum atomic E-state index is -1.65. The van der Waals surface area contributed by atoms with E-state index in [0.717, 1.165) is 24.0 Å². The molecule has 64 heavy (non-hydrogen) atoms. The van der Waals surface area contributed by atoms with Gasteiger partial charge in [0.15, 0.2) is 0 Å². The van der Waals surface area contributed by atoms with Crippen molar-refractivity contribution in [1.82, 2.24) is 4.90 Å². The lowest BCUT2D eigenvalue weighted by atomic mass is 9.55. The Morgan fingerprint density at radius 2 is 1.64 bits per heavy atom. The van der Waals surface area contributed by atoms with Crippen LogP contribution in [0.4, 0.5) is 16.2 Å². The maximum Gasteiger partial charge on any atom is 0.415 e. The van der Waals surface area contributed by atoms with Crippen LogP contribution in [0.15, 0.2) is 96.2 Å². The second-order valence-electron chi connectivity index (χ2n) is 15.7. The number of benzene rings is 3. The van der Waals surface area contributed by atoms with E-state index in [1.807, 2.05) is 13.0 Å². The van der Waals surface area contributed by atoms with E-state index >= 15 is 0 Å². The number of oxime groups is 1. The molecule has 0 bridgehead atoms. The van der Waals surface area contributed by atoms with Gasteiger partial charge in [-0.2, -0.15) is 0 Å². The minimum absolute atomic E-state index is 0.000441. The van der Waals surface area contributed by atoms with Crippen molar-refractivity contribution in [2.75, 3.05) is 52.8 Å². The van der Waals surface area contributed by atoms with Crippen LogP contribution in [-0.4, -0.2) is 106 Å². The number of allylic oxidation sites excluding steroid dienone is 1. The Balaban J connectivity index is 1.56. The summed E-state index contributed by atoms with van der Waals surface area (Å²) in [6, 6.07) is 15.4. The largest absolute Gasteiger partial charge is 0.459 e. The second kappa shape index (κ2) is 22.6. The summed E-state index contributed by atoms with van der Waals surface area (Å²) < 4.78 is 32.1. The van der Waals surface area contributed by atoms with Crippen LogP contribution in [0.1, 0.15) is 63.4 Å². The summed E-state index contributed by atoms with van der Waals surface area (Å²) >= 11 is 0. The first kappa shape index (κ1) is 47.6. The molecule has 1 saturated carbocycles. The van der Waals surface area contributed by atoms with Gasteiger partial charge in [0.1, 0.15) is 35.6 Å². The molecule has 1 amide bonds. The first-order valence-electron chi connectivity index (χ1n) is 21.6. The number of carbonyl (C=O) groups is 1. The van der Waals surface area contributed by atoms with Crippen LogP contribution in [0.3, 0.4) is 0 Å². The predicted molar refractivity (Wildman–Crippen MR) is 233 cm³/mol. The molecular formula is C46H56N4O14. The summed E-state index contributed by atoms with van der Waals surface area (Å²) in [6.07, 6.45) is 6.97. The topological polar surface area (TPSA) is 235 Å². The number of hydrogen-bond acceptors (Lipinski definition) is 15. The van der Waals surface area contributed by atoms with E-state index in [9.17, 15) is 40.3 Å².